The van der Waals surface area contributed by atoms with E-state index in [9.17, 15) is 0 Å². The molecule has 0 amide bonds. The zero-order valence-electron chi connectivity index (χ0n) is 8.92. The Kier molecular flexibility index (Phi) is 1.56. The molecule has 0 spiro atoms. The van der Waals surface area contributed by atoms with Gasteiger partial charge in [0.1, 0.15) is 5.52 Å². The molecule has 0 aliphatic heterocycles. The van der Waals surface area contributed by atoms with Gasteiger partial charge in [-0.05, 0) is 17.5 Å². The van der Waals surface area contributed by atoms with Gasteiger partial charge in [-0.25, -0.2) is 4.98 Å². The van der Waals surface area contributed by atoms with Crippen LogP contribution in [0.15, 0.2) is 53.4 Å². The van der Waals surface area contributed by atoms with Crippen molar-refractivity contribution in [2.45, 2.75) is 0 Å². The first-order valence-corrected chi connectivity index (χ1v) is 5.43. The summed E-state index contributed by atoms with van der Waals surface area (Å²) in [5, 5.41) is 3.28. The van der Waals surface area contributed by atoms with Crippen LogP contribution in [0.25, 0.3) is 32.8 Å². The summed E-state index contributed by atoms with van der Waals surface area (Å²) in [4.78, 5) is 8.63. The number of nitrogens with zero attached hydrogens (tertiary/aromatic N) is 2. The zero-order valence-corrected chi connectivity index (χ0v) is 8.92. The van der Waals surface area contributed by atoms with Crippen molar-refractivity contribution in [3.8, 4) is 0 Å². The highest BCUT2D eigenvalue weighted by Crippen LogP contribution is 2.30. The van der Waals surface area contributed by atoms with Gasteiger partial charge in [-0.3, -0.25) is 4.98 Å². The third-order valence-corrected chi connectivity index (χ3v) is 3.05. The number of rotatable bonds is 0. The van der Waals surface area contributed by atoms with Crippen molar-refractivity contribution in [2.24, 2.45) is 0 Å². The Hall–Kier alpha value is -2.42. The molecule has 80 valence electrons. The minimum Gasteiger partial charge on any atom is -0.443 e. The molecule has 0 radical (unpaired) electrons. The first-order valence-electron chi connectivity index (χ1n) is 5.43. The molecule has 0 fully saturated rings. The molecule has 0 bridgehead atoms. The van der Waals surface area contributed by atoms with Crippen LogP contribution < -0.4 is 0 Å². The van der Waals surface area contributed by atoms with Gasteiger partial charge in [-0.2, -0.15) is 0 Å². The Morgan fingerprint density at radius 1 is 0.882 bits per heavy atom. The fraction of sp³-hybridized carbons (Fsp3) is 0. The lowest BCUT2D eigenvalue weighted by molar-refractivity contribution is 0.605. The van der Waals surface area contributed by atoms with Gasteiger partial charge in [-0.1, -0.05) is 24.3 Å². The SMILES string of the molecule is c1cnc2c(c1)ccc1ccc3ncoc3c12. The monoisotopic (exact) mass is 220 g/mol. The largest absolute Gasteiger partial charge is 0.443 e. The van der Waals surface area contributed by atoms with Gasteiger partial charge in [0.25, 0.3) is 0 Å². The molecule has 2 aromatic carbocycles. The average Bonchev–Trinajstić information content (AvgIpc) is 2.86. The molecular formula is C14H8N2O. The lowest BCUT2D eigenvalue weighted by atomic mass is 10.1. The summed E-state index contributed by atoms with van der Waals surface area (Å²) in [7, 11) is 0. The second kappa shape index (κ2) is 3.04. The van der Waals surface area contributed by atoms with E-state index in [2.05, 4.69) is 28.2 Å². The maximum Gasteiger partial charge on any atom is 0.182 e. The molecule has 0 unspecified atom stereocenters. The molecule has 4 aromatic rings. The number of hydrogen-bond donors (Lipinski definition) is 0. The molecule has 0 aliphatic rings. The molecule has 0 saturated carbocycles. The van der Waals surface area contributed by atoms with Gasteiger partial charge in [0.15, 0.2) is 12.0 Å². The first-order chi connectivity index (χ1) is 8.43. The summed E-state index contributed by atoms with van der Waals surface area (Å²) in [6.07, 6.45) is 3.28. The second-order valence-corrected chi connectivity index (χ2v) is 4.00. The summed E-state index contributed by atoms with van der Waals surface area (Å²) < 4.78 is 5.49. The van der Waals surface area contributed by atoms with Gasteiger partial charge in [0, 0.05) is 11.6 Å². The fourth-order valence-electron chi connectivity index (χ4n) is 2.27. The van der Waals surface area contributed by atoms with Crippen LogP contribution in [0, 0.1) is 0 Å². The van der Waals surface area contributed by atoms with Crippen LogP contribution in [0.1, 0.15) is 0 Å². The quantitative estimate of drug-likeness (QED) is 0.425. The lowest BCUT2D eigenvalue weighted by Crippen LogP contribution is -1.81. The van der Waals surface area contributed by atoms with Crippen molar-refractivity contribution < 1.29 is 4.42 Å². The molecule has 3 nitrogen and oxygen atoms in total. The Morgan fingerprint density at radius 2 is 1.76 bits per heavy atom. The molecule has 3 heteroatoms. The van der Waals surface area contributed by atoms with Gasteiger partial charge >= 0.3 is 0 Å². The number of hydrogen-bond acceptors (Lipinski definition) is 3. The third kappa shape index (κ3) is 1.11. The van der Waals surface area contributed by atoms with E-state index in [-0.39, 0.29) is 0 Å². The lowest BCUT2D eigenvalue weighted by Gasteiger charge is -2.02. The Balaban J connectivity index is 2.41. The summed E-state index contributed by atoms with van der Waals surface area (Å²) in [6.45, 7) is 0. The minimum atomic E-state index is 0.812. The predicted octanol–water partition coefficient (Wildman–Crippen LogP) is 3.53. The third-order valence-electron chi connectivity index (χ3n) is 3.05. The van der Waals surface area contributed by atoms with E-state index < -0.39 is 0 Å². The van der Waals surface area contributed by atoms with E-state index in [1.165, 1.54) is 6.39 Å². The highest BCUT2D eigenvalue weighted by molar-refractivity contribution is 6.15. The highest BCUT2D eigenvalue weighted by Gasteiger charge is 2.08. The van der Waals surface area contributed by atoms with Crippen molar-refractivity contribution >= 4 is 32.8 Å². The van der Waals surface area contributed by atoms with E-state index in [1.54, 1.807) is 6.20 Å². The summed E-state index contributed by atoms with van der Waals surface area (Å²) in [6, 6.07) is 12.2. The number of aromatic nitrogens is 2. The van der Waals surface area contributed by atoms with Crippen LogP contribution in [0.3, 0.4) is 0 Å². The van der Waals surface area contributed by atoms with Gasteiger partial charge < -0.3 is 4.42 Å². The van der Waals surface area contributed by atoms with Crippen molar-refractivity contribution in [2.75, 3.05) is 0 Å². The summed E-state index contributed by atoms with van der Waals surface area (Å²) >= 11 is 0. The molecule has 2 aromatic heterocycles. The van der Waals surface area contributed by atoms with Crippen molar-refractivity contribution in [1.29, 1.82) is 0 Å². The fourth-order valence-corrected chi connectivity index (χ4v) is 2.27. The van der Waals surface area contributed by atoms with E-state index in [1.807, 2.05) is 18.2 Å². The zero-order chi connectivity index (χ0) is 11.2. The smallest absolute Gasteiger partial charge is 0.182 e. The maximum absolute atomic E-state index is 5.49. The maximum atomic E-state index is 5.49. The summed E-state index contributed by atoms with van der Waals surface area (Å²) in [5.41, 5.74) is 2.65. The number of oxazole rings is 1. The second-order valence-electron chi connectivity index (χ2n) is 4.00. The van der Waals surface area contributed by atoms with E-state index in [0.717, 1.165) is 32.8 Å². The van der Waals surface area contributed by atoms with E-state index in [4.69, 9.17) is 4.42 Å². The van der Waals surface area contributed by atoms with Gasteiger partial charge in [-0.15, -0.1) is 0 Å². The molecule has 0 saturated heterocycles. The van der Waals surface area contributed by atoms with Gasteiger partial charge in [0.05, 0.1) is 10.9 Å². The highest BCUT2D eigenvalue weighted by atomic mass is 16.3. The van der Waals surface area contributed by atoms with Crippen LogP contribution in [-0.2, 0) is 0 Å². The normalized spacial score (nSPS) is 11.5. The van der Waals surface area contributed by atoms with Crippen molar-refractivity contribution in [1.82, 2.24) is 9.97 Å². The van der Waals surface area contributed by atoms with E-state index in [0.29, 0.717) is 0 Å². The Morgan fingerprint density at radius 3 is 2.76 bits per heavy atom. The first kappa shape index (κ1) is 8.70. The van der Waals surface area contributed by atoms with Crippen LogP contribution in [-0.4, -0.2) is 9.97 Å². The Bertz CT molecular complexity index is 848. The van der Waals surface area contributed by atoms with E-state index >= 15 is 0 Å². The topological polar surface area (TPSA) is 38.9 Å². The minimum absolute atomic E-state index is 0.812. The van der Waals surface area contributed by atoms with Gasteiger partial charge in [0.2, 0.25) is 0 Å². The Labute approximate surface area is 96.7 Å². The molecule has 4 rings (SSSR count). The van der Waals surface area contributed by atoms with Crippen molar-refractivity contribution in [3.63, 3.8) is 0 Å². The standard InChI is InChI=1S/C14H8N2O/c1-2-10-4-3-9-5-6-11-14(17-8-16-11)12(9)13(10)15-7-1/h1-8H. The predicted molar refractivity (Wildman–Crippen MR) is 66.8 cm³/mol. The summed E-state index contributed by atoms with van der Waals surface area (Å²) in [5.74, 6) is 0. The molecule has 0 atom stereocenters. The van der Waals surface area contributed by atoms with Crippen LogP contribution in [0.5, 0.6) is 0 Å². The van der Waals surface area contributed by atoms with Crippen LogP contribution in [0.4, 0.5) is 0 Å². The van der Waals surface area contributed by atoms with Crippen LogP contribution in [0.2, 0.25) is 0 Å². The number of pyridine rings is 1. The molecular weight excluding hydrogens is 212 g/mol. The number of benzene rings is 2. The number of fused-ring (bicyclic) bond motifs is 5. The average molecular weight is 220 g/mol. The molecule has 2 heterocycles. The molecule has 0 N–H and O–H groups in total. The van der Waals surface area contributed by atoms with Crippen molar-refractivity contribution in [3.05, 3.63) is 49.0 Å². The van der Waals surface area contributed by atoms with Crippen LogP contribution >= 0.6 is 0 Å². The molecule has 17 heavy (non-hydrogen) atoms. The molecule has 0 aliphatic carbocycles.